The highest BCUT2D eigenvalue weighted by molar-refractivity contribution is 7.90. The largest absolute Gasteiger partial charge is 0.274 e. The minimum absolute atomic E-state index is 0.421. The molecule has 0 aliphatic heterocycles. The molecule has 0 spiro atoms. The van der Waals surface area contributed by atoms with Gasteiger partial charge in [0.05, 0.1) is 11.3 Å². The molecule has 0 saturated heterocycles. The Morgan fingerprint density at radius 3 is 2.23 bits per heavy atom. The van der Waals surface area contributed by atoms with Crippen LogP contribution in [-0.4, -0.2) is 30.4 Å². The Hall–Kier alpha value is -1.09. The van der Waals surface area contributed by atoms with Gasteiger partial charge in [-0.15, -0.1) is 0 Å². The summed E-state index contributed by atoms with van der Waals surface area (Å²) >= 11 is 0. The van der Waals surface area contributed by atoms with Gasteiger partial charge in [0, 0.05) is 6.92 Å². The molecule has 6 heteroatoms. The number of hydrogen-bond donors (Lipinski definition) is 0. The Morgan fingerprint density at radius 2 is 2.00 bits per heavy atom. The monoisotopic (exact) mass is 204 g/mol. The molecular formula is C7H12N2O3S. The fourth-order valence-corrected chi connectivity index (χ4v) is 1.80. The second kappa shape index (κ2) is 4.23. The van der Waals surface area contributed by atoms with Crippen molar-refractivity contribution >= 4 is 15.9 Å². The number of sulfonamides is 1. The predicted octanol–water partition coefficient (Wildman–Crippen LogP) is 0.0967. The average Bonchev–Trinajstić information content (AvgIpc) is 1.98. The average molecular weight is 204 g/mol. The number of amides is 1. The molecule has 0 rings (SSSR count). The van der Waals surface area contributed by atoms with E-state index in [2.05, 4.69) is 0 Å². The predicted molar refractivity (Wildman–Crippen MR) is 47.1 cm³/mol. The van der Waals surface area contributed by atoms with Gasteiger partial charge in [0.15, 0.2) is 0 Å². The first-order chi connectivity index (χ1) is 5.84. The minimum atomic E-state index is -3.64. The van der Waals surface area contributed by atoms with Crippen molar-refractivity contribution in [3.63, 3.8) is 0 Å². The summed E-state index contributed by atoms with van der Waals surface area (Å²) in [5, 5.41) is 7.63. The van der Waals surface area contributed by atoms with Crippen molar-refractivity contribution in [1.29, 1.82) is 5.26 Å². The van der Waals surface area contributed by atoms with Crippen LogP contribution >= 0.6 is 0 Å². The van der Waals surface area contributed by atoms with Gasteiger partial charge in [-0.25, -0.2) is 12.7 Å². The van der Waals surface area contributed by atoms with E-state index >= 15 is 0 Å². The molecule has 0 aromatic heterocycles. The fourth-order valence-electron chi connectivity index (χ4n) is 0.699. The second-order valence-electron chi connectivity index (χ2n) is 2.78. The lowest BCUT2D eigenvalue weighted by molar-refractivity contribution is -0.123. The van der Waals surface area contributed by atoms with Gasteiger partial charge in [-0.3, -0.25) is 4.79 Å². The molecule has 13 heavy (non-hydrogen) atoms. The number of carbonyl (C=O) groups excluding carboxylic acids is 1. The third-order valence-corrected chi connectivity index (χ3v) is 3.66. The van der Waals surface area contributed by atoms with E-state index in [4.69, 9.17) is 5.26 Å². The van der Waals surface area contributed by atoms with Crippen LogP contribution in [0.2, 0.25) is 0 Å². The highest BCUT2D eigenvalue weighted by Crippen LogP contribution is 2.07. The lowest BCUT2D eigenvalue weighted by Crippen LogP contribution is -2.39. The van der Waals surface area contributed by atoms with Crippen molar-refractivity contribution in [1.82, 2.24) is 4.31 Å². The lowest BCUT2D eigenvalue weighted by Gasteiger charge is -2.19. The minimum Gasteiger partial charge on any atom is -0.274 e. The van der Waals surface area contributed by atoms with Crippen molar-refractivity contribution in [3.05, 3.63) is 0 Å². The molecule has 0 unspecified atom stereocenters. The topological polar surface area (TPSA) is 78.2 Å². The zero-order valence-corrected chi connectivity index (χ0v) is 8.63. The first-order valence-electron chi connectivity index (χ1n) is 3.73. The van der Waals surface area contributed by atoms with E-state index in [0.717, 1.165) is 6.92 Å². The Kier molecular flexibility index (Phi) is 3.88. The fraction of sp³-hybridized carbons (Fsp3) is 0.714. The molecule has 0 aromatic rings. The standard InChI is InChI=1S/C7H12N2O3S/c1-6(2)13(11,12)9(5-4-8)7(3)10/h6H,5H2,1-3H3. The van der Waals surface area contributed by atoms with Crippen LogP contribution in [0.1, 0.15) is 20.8 Å². The maximum Gasteiger partial charge on any atom is 0.240 e. The summed E-state index contributed by atoms with van der Waals surface area (Å²) in [6.45, 7) is 3.62. The van der Waals surface area contributed by atoms with E-state index in [1.54, 1.807) is 6.07 Å². The van der Waals surface area contributed by atoms with E-state index in [9.17, 15) is 13.2 Å². The van der Waals surface area contributed by atoms with Crippen molar-refractivity contribution in [2.24, 2.45) is 0 Å². The molecular weight excluding hydrogens is 192 g/mol. The van der Waals surface area contributed by atoms with Crippen LogP contribution in [0.4, 0.5) is 0 Å². The van der Waals surface area contributed by atoms with E-state index in [0.29, 0.717) is 4.31 Å². The molecule has 0 bridgehead atoms. The quantitative estimate of drug-likeness (QED) is 0.611. The number of nitriles is 1. The maximum absolute atomic E-state index is 11.4. The van der Waals surface area contributed by atoms with Crippen LogP contribution in [0.15, 0.2) is 0 Å². The Morgan fingerprint density at radius 1 is 1.54 bits per heavy atom. The SMILES string of the molecule is CC(=O)N(CC#N)S(=O)(=O)C(C)C. The van der Waals surface area contributed by atoms with E-state index in [1.165, 1.54) is 13.8 Å². The van der Waals surface area contributed by atoms with Gasteiger partial charge in [-0.05, 0) is 13.8 Å². The molecule has 0 aliphatic rings. The van der Waals surface area contributed by atoms with Crippen molar-refractivity contribution in [3.8, 4) is 6.07 Å². The van der Waals surface area contributed by atoms with Gasteiger partial charge >= 0.3 is 0 Å². The Balaban J connectivity index is 4.99. The van der Waals surface area contributed by atoms with Gasteiger partial charge in [-0.2, -0.15) is 5.26 Å². The summed E-state index contributed by atoms with van der Waals surface area (Å²) < 4.78 is 23.4. The zero-order chi connectivity index (χ0) is 10.6. The molecule has 5 nitrogen and oxygen atoms in total. The summed E-state index contributed by atoms with van der Waals surface area (Å²) in [5.41, 5.74) is 0. The first-order valence-corrected chi connectivity index (χ1v) is 5.23. The van der Waals surface area contributed by atoms with Crippen LogP contribution in [0, 0.1) is 11.3 Å². The molecule has 0 aromatic carbocycles. The summed E-state index contributed by atoms with van der Waals surface area (Å²) in [6.07, 6.45) is 0. The van der Waals surface area contributed by atoms with Crippen molar-refractivity contribution in [2.75, 3.05) is 6.54 Å². The molecule has 74 valence electrons. The third-order valence-electron chi connectivity index (χ3n) is 1.47. The van der Waals surface area contributed by atoms with Crippen LogP contribution in [0.3, 0.4) is 0 Å². The number of hydrogen-bond acceptors (Lipinski definition) is 4. The van der Waals surface area contributed by atoms with E-state index in [-0.39, 0.29) is 0 Å². The summed E-state index contributed by atoms with van der Waals surface area (Å²) in [7, 11) is -3.64. The molecule has 0 fully saturated rings. The molecule has 0 atom stereocenters. The highest BCUT2D eigenvalue weighted by atomic mass is 32.2. The van der Waals surface area contributed by atoms with Crippen LogP contribution in [0.25, 0.3) is 0 Å². The van der Waals surface area contributed by atoms with Crippen LogP contribution in [-0.2, 0) is 14.8 Å². The number of rotatable bonds is 3. The zero-order valence-electron chi connectivity index (χ0n) is 7.81. The molecule has 0 radical (unpaired) electrons. The Labute approximate surface area is 78.0 Å². The van der Waals surface area contributed by atoms with E-state index < -0.39 is 27.7 Å². The van der Waals surface area contributed by atoms with Gasteiger partial charge in [0.25, 0.3) is 0 Å². The van der Waals surface area contributed by atoms with Gasteiger partial charge in [0.1, 0.15) is 6.54 Å². The van der Waals surface area contributed by atoms with Crippen molar-refractivity contribution in [2.45, 2.75) is 26.0 Å². The molecule has 0 aliphatic carbocycles. The third kappa shape index (κ3) is 2.70. The maximum atomic E-state index is 11.4. The smallest absolute Gasteiger partial charge is 0.240 e. The molecule has 1 amide bonds. The number of carbonyl (C=O) groups is 1. The molecule has 0 heterocycles. The Bertz CT molecular complexity index is 326. The normalized spacial score (nSPS) is 11.0. The number of nitrogens with zero attached hydrogens (tertiary/aromatic N) is 2. The highest BCUT2D eigenvalue weighted by Gasteiger charge is 2.27. The van der Waals surface area contributed by atoms with E-state index in [1.807, 2.05) is 0 Å². The van der Waals surface area contributed by atoms with Gasteiger partial charge in [0.2, 0.25) is 15.9 Å². The summed E-state index contributed by atoms with van der Waals surface area (Å²) in [6, 6.07) is 1.64. The summed E-state index contributed by atoms with van der Waals surface area (Å²) in [4.78, 5) is 10.9. The van der Waals surface area contributed by atoms with Crippen LogP contribution < -0.4 is 0 Å². The second-order valence-corrected chi connectivity index (χ2v) is 5.19. The first kappa shape index (κ1) is 11.9. The van der Waals surface area contributed by atoms with Gasteiger partial charge < -0.3 is 0 Å². The molecule has 0 saturated carbocycles. The van der Waals surface area contributed by atoms with Crippen LogP contribution in [0.5, 0.6) is 0 Å². The lowest BCUT2D eigenvalue weighted by atomic mass is 10.6. The van der Waals surface area contributed by atoms with Gasteiger partial charge in [-0.1, -0.05) is 0 Å². The van der Waals surface area contributed by atoms with Crippen molar-refractivity contribution < 1.29 is 13.2 Å². The summed E-state index contributed by atoms with van der Waals surface area (Å²) in [5.74, 6) is -0.629. The molecule has 0 N–H and O–H groups in total.